The molecule has 2 N–H and O–H groups in total. The van der Waals surface area contributed by atoms with E-state index in [0.717, 1.165) is 47.8 Å². The molecule has 1 aliphatic rings. The van der Waals surface area contributed by atoms with Gasteiger partial charge in [-0.2, -0.15) is 0 Å². The second kappa shape index (κ2) is 9.09. The maximum atomic E-state index is 12.4. The molecule has 0 unspecified atom stereocenters. The summed E-state index contributed by atoms with van der Waals surface area (Å²) in [6.45, 7) is 5.80. The lowest BCUT2D eigenvalue weighted by atomic mass is 10.1. The summed E-state index contributed by atoms with van der Waals surface area (Å²) in [5, 5.41) is 6.84. The monoisotopic (exact) mass is 391 g/mol. The van der Waals surface area contributed by atoms with E-state index in [1.165, 1.54) is 44.0 Å². The highest BCUT2D eigenvalue weighted by molar-refractivity contribution is 7.20. The zero-order valence-electron chi connectivity index (χ0n) is 15.7. The van der Waals surface area contributed by atoms with Crippen LogP contribution in [0, 0.1) is 6.92 Å². The van der Waals surface area contributed by atoms with E-state index in [2.05, 4.69) is 30.2 Å². The number of aryl methyl sites for hydroxylation is 1. The fraction of sp³-hybridized carbons (Fsp3) is 0.556. The Kier molecular flexibility index (Phi) is 6.57. The number of piperidine rings is 1. The Bertz CT molecular complexity index is 817. The third-order valence-corrected chi connectivity index (χ3v) is 5.92. The Morgan fingerprint density at radius 3 is 2.78 bits per heavy atom. The van der Waals surface area contributed by atoms with Crippen LogP contribution in [0.3, 0.4) is 0 Å². The van der Waals surface area contributed by atoms with Gasteiger partial charge in [-0.3, -0.25) is 9.59 Å². The van der Waals surface area contributed by atoms with E-state index in [-0.39, 0.29) is 12.5 Å². The van der Waals surface area contributed by atoms with Crippen molar-refractivity contribution in [2.24, 2.45) is 0 Å². The predicted octanol–water partition coefficient (Wildman–Crippen LogP) is 1.80. The minimum absolute atomic E-state index is 0.157. The number of ether oxygens (including phenoxy) is 1. The van der Waals surface area contributed by atoms with Gasteiger partial charge in [0.15, 0.2) is 0 Å². The molecular formula is C18H25N5O3S. The van der Waals surface area contributed by atoms with Crippen molar-refractivity contribution < 1.29 is 14.3 Å². The second-order valence-corrected chi connectivity index (χ2v) is 7.55. The van der Waals surface area contributed by atoms with E-state index in [9.17, 15) is 9.59 Å². The Morgan fingerprint density at radius 2 is 2.04 bits per heavy atom. The van der Waals surface area contributed by atoms with Crippen LogP contribution in [0.4, 0.5) is 5.82 Å². The molecule has 0 saturated carbocycles. The number of rotatable bonds is 7. The lowest BCUT2D eigenvalue weighted by Gasteiger charge is -2.26. The summed E-state index contributed by atoms with van der Waals surface area (Å²) >= 11 is 1.30. The molecule has 8 nitrogen and oxygen atoms in total. The molecule has 2 aromatic heterocycles. The molecule has 1 amide bonds. The van der Waals surface area contributed by atoms with Gasteiger partial charge in [-0.05, 0) is 38.4 Å². The summed E-state index contributed by atoms with van der Waals surface area (Å²) in [4.78, 5) is 36.1. The van der Waals surface area contributed by atoms with E-state index < -0.39 is 5.97 Å². The number of thiophene rings is 1. The SMILES string of the molecule is COC(=O)CNC(=O)c1sc2ncnc(NCCN3CCCCC3)c2c1C. The van der Waals surface area contributed by atoms with Gasteiger partial charge in [-0.25, -0.2) is 9.97 Å². The number of likely N-dealkylation sites (tertiary alicyclic amines) is 1. The van der Waals surface area contributed by atoms with Gasteiger partial charge in [0.1, 0.15) is 23.5 Å². The normalized spacial score (nSPS) is 14.9. The molecule has 2 aromatic rings. The number of carbonyl (C=O) groups is 2. The second-order valence-electron chi connectivity index (χ2n) is 6.55. The first-order valence-corrected chi connectivity index (χ1v) is 9.97. The van der Waals surface area contributed by atoms with Crippen molar-refractivity contribution in [3.8, 4) is 0 Å². The molecular weight excluding hydrogens is 366 g/mol. The van der Waals surface area contributed by atoms with Crippen molar-refractivity contribution in [1.82, 2.24) is 20.2 Å². The third kappa shape index (κ3) is 4.72. The minimum atomic E-state index is -0.484. The molecule has 0 spiro atoms. The number of hydrogen-bond acceptors (Lipinski definition) is 8. The Morgan fingerprint density at radius 1 is 1.26 bits per heavy atom. The van der Waals surface area contributed by atoms with Crippen LogP contribution in [-0.4, -0.2) is 66.6 Å². The highest BCUT2D eigenvalue weighted by atomic mass is 32.1. The van der Waals surface area contributed by atoms with Gasteiger partial charge in [-0.15, -0.1) is 11.3 Å². The number of methoxy groups -OCH3 is 1. The number of hydrogen-bond donors (Lipinski definition) is 2. The smallest absolute Gasteiger partial charge is 0.325 e. The van der Waals surface area contributed by atoms with Gasteiger partial charge in [0.05, 0.1) is 17.4 Å². The van der Waals surface area contributed by atoms with Crippen molar-refractivity contribution in [3.63, 3.8) is 0 Å². The highest BCUT2D eigenvalue weighted by Gasteiger charge is 2.20. The van der Waals surface area contributed by atoms with Crippen molar-refractivity contribution in [3.05, 3.63) is 16.8 Å². The number of carbonyl (C=O) groups excluding carboxylic acids is 2. The highest BCUT2D eigenvalue weighted by Crippen LogP contribution is 2.33. The van der Waals surface area contributed by atoms with E-state index in [0.29, 0.717) is 4.88 Å². The lowest BCUT2D eigenvalue weighted by Crippen LogP contribution is -2.33. The van der Waals surface area contributed by atoms with Gasteiger partial charge >= 0.3 is 5.97 Å². The maximum absolute atomic E-state index is 12.4. The van der Waals surface area contributed by atoms with E-state index in [4.69, 9.17) is 0 Å². The van der Waals surface area contributed by atoms with Crippen LogP contribution in [0.15, 0.2) is 6.33 Å². The molecule has 1 saturated heterocycles. The topological polar surface area (TPSA) is 96.4 Å². The number of esters is 1. The summed E-state index contributed by atoms with van der Waals surface area (Å²) in [6, 6.07) is 0. The molecule has 0 aromatic carbocycles. The number of nitrogens with zero attached hydrogens (tertiary/aromatic N) is 3. The maximum Gasteiger partial charge on any atom is 0.325 e. The fourth-order valence-electron chi connectivity index (χ4n) is 3.24. The van der Waals surface area contributed by atoms with E-state index in [1.54, 1.807) is 0 Å². The molecule has 0 radical (unpaired) electrons. The Labute approximate surface area is 162 Å². The lowest BCUT2D eigenvalue weighted by molar-refractivity contribution is -0.139. The summed E-state index contributed by atoms with van der Waals surface area (Å²) in [6.07, 6.45) is 5.37. The predicted molar refractivity (Wildman–Crippen MR) is 105 cm³/mol. The third-order valence-electron chi connectivity index (χ3n) is 4.72. The number of anilines is 1. The molecule has 146 valence electrons. The van der Waals surface area contributed by atoms with Gasteiger partial charge in [0.2, 0.25) is 0 Å². The average molecular weight is 391 g/mol. The minimum Gasteiger partial charge on any atom is -0.468 e. The fourth-order valence-corrected chi connectivity index (χ4v) is 4.31. The van der Waals surface area contributed by atoms with Gasteiger partial charge in [-0.1, -0.05) is 6.42 Å². The summed E-state index contributed by atoms with van der Waals surface area (Å²) in [7, 11) is 1.29. The van der Waals surface area contributed by atoms with Crippen molar-refractivity contribution in [1.29, 1.82) is 0 Å². The Balaban J connectivity index is 1.70. The molecule has 0 atom stereocenters. The van der Waals surface area contributed by atoms with Crippen molar-refractivity contribution >= 4 is 39.2 Å². The number of aromatic nitrogens is 2. The van der Waals surface area contributed by atoms with Crippen LogP contribution in [0.25, 0.3) is 10.2 Å². The standard InChI is InChI=1S/C18H25N5O3S/c1-12-14-16(19-6-9-23-7-4-3-5-8-23)21-11-22-18(14)27-15(12)17(25)20-10-13(24)26-2/h11H,3-10H2,1-2H3,(H,20,25)(H,19,21,22). The molecule has 3 rings (SSSR count). The zero-order valence-corrected chi connectivity index (χ0v) is 16.5. The first-order valence-electron chi connectivity index (χ1n) is 9.15. The van der Waals surface area contributed by atoms with E-state index >= 15 is 0 Å². The number of nitrogens with one attached hydrogen (secondary N) is 2. The summed E-state index contributed by atoms with van der Waals surface area (Å²) < 4.78 is 4.55. The van der Waals surface area contributed by atoms with Crippen LogP contribution in [0.2, 0.25) is 0 Å². The zero-order chi connectivity index (χ0) is 19.2. The number of amides is 1. The van der Waals surface area contributed by atoms with Crippen LogP contribution in [-0.2, 0) is 9.53 Å². The summed E-state index contributed by atoms with van der Waals surface area (Å²) in [5.41, 5.74) is 0.818. The van der Waals surface area contributed by atoms with Gasteiger partial charge in [0.25, 0.3) is 5.91 Å². The first kappa shape index (κ1) is 19.5. The summed E-state index contributed by atoms with van der Waals surface area (Å²) in [5.74, 6) is -0.0417. The molecule has 9 heteroatoms. The van der Waals surface area contributed by atoms with Gasteiger partial charge in [0, 0.05) is 13.1 Å². The van der Waals surface area contributed by atoms with Crippen LogP contribution >= 0.6 is 11.3 Å². The quantitative estimate of drug-likeness (QED) is 0.695. The molecule has 0 aliphatic carbocycles. The largest absolute Gasteiger partial charge is 0.468 e. The number of fused-ring (bicyclic) bond motifs is 1. The van der Waals surface area contributed by atoms with Crippen LogP contribution in [0.5, 0.6) is 0 Å². The Hall–Kier alpha value is -2.26. The van der Waals surface area contributed by atoms with Crippen LogP contribution in [0.1, 0.15) is 34.5 Å². The van der Waals surface area contributed by atoms with E-state index in [1.807, 2.05) is 6.92 Å². The van der Waals surface area contributed by atoms with Crippen molar-refractivity contribution in [2.45, 2.75) is 26.2 Å². The van der Waals surface area contributed by atoms with Gasteiger partial charge < -0.3 is 20.3 Å². The molecule has 1 fully saturated rings. The molecule has 3 heterocycles. The van der Waals surface area contributed by atoms with Crippen LogP contribution < -0.4 is 10.6 Å². The first-order chi connectivity index (χ1) is 13.1. The van der Waals surface area contributed by atoms with Crippen molar-refractivity contribution in [2.75, 3.05) is 45.2 Å². The molecule has 27 heavy (non-hydrogen) atoms. The molecule has 1 aliphatic heterocycles. The average Bonchev–Trinajstić information content (AvgIpc) is 3.04. The molecule has 0 bridgehead atoms.